The Labute approximate surface area is 103 Å². The molecule has 94 valence electrons. The highest BCUT2D eigenvalue weighted by atomic mass is 16.6. The molecule has 0 radical (unpaired) electrons. The van der Waals surface area contributed by atoms with Crippen molar-refractivity contribution in [1.29, 1.82) is 0 Å². The number of nitro groups is 1. The predicted molar refractivity (Wildman–Crippen MR) is 64.2 cm³/mol. The Balaban J connectivity index is 2.18. The van der Waals surface area contributed by atoms with E-state index < -0.39 is 4.92 Å². The number of anilines is 1. The van der Waals surface area contributed by atoms with E-state index in [2.05, 4.69) is 15.5 Å². The van der Waals surface area contributed by atoms with Crippen molar-refractivity contribution in [3.05, 3.63) is 45.6 Å². The van der Waals surface area contributed by atoms with Crippen molar-refractivity contribution in [2.75, 3.05) is 5.32 Å². The first-order chi connectivity index (χ1) is 8.59. The first-order valence-electron chi connectivity index (χ1n) is 5.33. The van der Waals surface area contributed by atoms with Crippen molar-refractivity contribution >= 4 is 11.4 Å². The van der Waals surface area contributed by atoms with Gasteiger partial charge in [0.2, 0.25) is 0 Å². The Morgan fingerprint density at radius 2 is 2.28 bits per heavy atom. The van der Waals surface area contributed by atoms with Crippen LogP contribution in [0.5, 0.6) is 0 Å². The maximum atomic E-state index is 10.8. The third kappa shape index (κ3) is 2.29. The maximum absolute atomic E-state index is 10.8. The first kappa shape index (κ1) is 12.0. The van der Waals surface area contributed by atoms with Gasteiger partial charge < -0.3 is 9.84 Å². The van der Waals surface area contributed by atoms with Crippen molar-refractivity contribution in [1.82, 2.24) is 10.1 Å². The van der Waals surface area contributed by atoms with Gasteiger partial charge in [0.05, 0.1) is 10.6 Å². The van der Waals surface area contributed by atoms with Crippen LogP contribution in [0, 0.1) is 24.0 Å². The molecule has 2 heterocycles. The summed E-state index contributed by atoms with van der Waals surface area (Å²) >= 11 is 0. The molecule has 2 rings (SSSR count). The molecule has 0 spiro atoms. The van der Waals surface area contributed by atoms with Crippen LogP contribution >= 0.6 is 0 Å². The van der Waals surface area contributed by atoms with Crippen LogP contribution in [0.2, 0.25) is 0 Å². The van der Waals surface area contributed by atoms with Gasteiger partial charge in [-0.25, -0.2) is 0 Å². The number of nitrogens with one attached hydrogen (secondary N) is 1. The summed E-state index contributed by atoms with van der Waals surface area (Å²) < 4.78 is 5.03. The van der Waals surface area contributed by atoms with E-state index in [4.69, 9.17) is 4.52 Å². The summed E-state index contributed by atoms with van der Waals surface area (Å²) in [4.78, 5) is 14.1. The number of nitrogens with zero attached hydrogens (tertiary/aromatic N) is 3. The van der Waals surface area contributed by atoms with Crippen molar-refractivity contribution in [3.8, 4) is 0 Å². The number of hydrogen-bond acceptors (Lipinski definition) is 6. The zero-order valence-corrected chi connectivity index (χ0v) is 10.0. The van der Waals surface area contributed by atoms with Crippen LogP contribution in [0.25, 0.3) is 0 Å². The molecule has 7 nitrogen and oxygen atoms in total. The molecule has 0 aliphatic rings. The fourth-order valence-electron chi connectivity index (χ4n) is 1.62. The number of hydrogen-bond donors (Lipinski definition) is 1. The Morgan fingerprint density at radius 1 is 1.50 bits per heavy atom. The van der Waals surface area contributed by atoms with Crippen LogP contribution in [-0.4, -0.2) is 15.1 Å². The summed E-state index contributed by atoms with van der Waals surface area (Å²) in [5.74, 6) is 0.705. The highest BCUT2D eigenvalue weighted by molar-refractivity contribution is 5.59. The van der Waals surface area contributed by atoms with Crippen LogP contribution in [0.1, 0.15) is 17.0 Å². The van der Waals surface area contributed by atoms with E-state index in [1.165, 1.54) is 12.4 Å². The first-order valence-corrected chi connectivity index (χ1v) is 5.33. The monoisotopic (exact) mass is 248 g/mol. The summed E-state index contributed by atoms with van der Waals surface area (Å²) in [5, 5.41) is 17.6. The van der Waals surface area contributed by atoms with E-state index in [1.54, 1.807) is 13.0 Å². The van der Waals surface area contributed by atoms with Gasteiger partial charge in [0.15, 0.2) is 0 Å². The molecule has 0 unspecified atom stereocenters. The minimum absolute atomic E-state index is 0.0516. The van der Waals surface area contributed by atoms with E-state index in [-0.39, 0.29) is 5.69 Å². The second-order valence-corrected chi connectivity index (χ2v) is 3.81. The molecule has 7 heteroatoms. The normalized spacial score (nSPS) is 10.3. The smallest absolute Gasteiger partial charge is 0.310 e. The lowest BCUT2D eigenvalue weighted by Gasteiger charge is -2.05. The standard InChI is InChI=1S/C11H12N4O3/c1-7-9(8(2)18-14-7)5-13-10-3-4-12-6-11(10)15(16)17/h3-4,6H,5H2,1-2H3,(H,12,13). The molecule has 2 aromatic heterocycles. The van der Waals surface area contributed by atoms with Gasteiger partial charge in [-0.15, -0.1) is 0 Å². The third-order valence-electron chi connectivity index (χ3n) is 2.63. The quantitative estimate of drug-likeness (QED) is 0.658. The third-order valence-corrected chi connectivity index (χ3v) is 2.63. The SMILES string of the molecule is Cc1noc(C)c1CNc1ccncc1[N+](=O)[O-]. The molecule has 0 atom stereocenters. The van der Waals surface area contributed by atoms with Gasteiger partial charge in [0.1, 0.15) is 17.6 Å². The Morgan fingerprint density at radius 3 is 2.89 bits per heavy atom. The molecule has 1 N–H and O–H groups in total. The van der Waals surface area contributed by atoms with Crippen LogP contribution in [0.3, 0.4) is 0 Å². The van der Waals surface area contributed by atoms with E-state index >= 15 is 0 Å². The minimum atomic E-state index is -0.470. The molecule has 0 amide bonds. The fraction of sp³-hybridized carbons (Fsp3) is 0.273. The molecule has 0 saturated carbocycles. The van der Waals surface area contributed by atoms with Crippen LogP contribution in [0.4, 0.5) is 11.4 Å². The zero-order chi connectivity index (χ0) is 13.1. The average molecular weight is 248 g/mol. The molecule has 0 saturated heterocycles. The van der Waals surface area contributed by atoms with Gasteiger partial charge in [-0.1, -0.05) is 5.16 Å². The van der Waals surface area contributed by atoms with Gasteiger partial charge in [-0.05, 0) is 19.9 Å². The average Bonchev–Trinajstić information content (AvgIpc) is 2.67. The lowest BCUT2D eigenvalue weighted by atomic mass is 10.2. The summed E-state index contributed by atoms with van der Waals surface area (Å²) in [6.45, 7) is 4.05. The highest BCUT2D eigenvalue weighted by Crippen LogP contribution is 2.23. The zero-order valence-electron chi connectivity index (χ0n) is 10.0. The highest BCUT2D eigenvalue weighted by Gasteiger charge is 2.14. The van der Waals surface area contributed by atoms with E-state index in [0.29, 0.717) is 18.0 Å². The number of aryl methyl sites for hydroxylation is 2. The number of pyridine rings is 1. The summed E-state index contributed by atoms with van der Waals surface area (Å²) in [6.07, 6.45) is 2.72. The molecule has 0 bridgehead atoms. The lowest BCUT2D eigenvalue weighted by Crippen LogP contribution is -2.04. The topological polar surface area (TPSA) is 94.1 Å². The Bertz CT molecular complexity index is 560. The Kier molecular flexibility index (Phi) is 3.22. The Hall–Kier alpha value is -2.44. The molecule has 0 aromatic carbocycles. The number of rotatable bonds is 4. The van der Waals surface area contributed by atoms with Crippen molar-refractivity contribution in [2.24, 2.45) is 0 Å². The lowest BCUT2D eigenvalue weighted by molar-refractivity contribution is -0.384. The second kappa shape index (κ2) is 4.82. The molecular weight excluding hydrogens is 236 g/mol. The van der Waals surface area contributed by atoms with Crippen LogP contribution in [0.15, 0.2) is 23.0 Å². The van der Waals surface area contributed by atoms with Gasteiger partial charge in [-0.2, -0.15) is 0 Å². The van der Waals surface area contributed by atoms with Crippen LogP contribution in [-0.2, 0) is 6.54 Å². The van der Waals surface area contributed by atoms with Gasteiger partial charge in [0.25, 0.3) is 0 Å². The molecular formula is C11H12N4O3. The van der Waals surface area contributed by atoms with Gasteiger partial charge >= 0.3 is 5.69 Å². The molecule has 0 aliphatic carbocycles. The second-order valence-electron chi connectivity index (χ2n) is 3.81. The predicted octanol–water partition coefficient (Wildman–Crippen LogP) is 2.21. The van der Waals surface area contributed by atoms with Gasteiger partial charge in [-0.3, -0.25) is 15.1 Å². The molecule has 18 heavy (non-hydrogen) atoms. The largest absolute Gasteiger partial charge is 0.375 e. The van der Waals surface area contributed by atoms with Crippen LogP contribution < -0.4 is 5.32 Å². The summed E-state index contributed by atoms with van der Waals surface area (Å²) in [5.41, 5.74) is 2.05. The van der Waals surface area contributed by atoms with E-state index in [1.807, 2.05) is 6.92 Å². The molecule has 0 fully saturated rings. The maximum Gasteiger partial charge on any atom is 0.310 e. The van der Waals surface area contributed by atoms with Crippen molar-refractivity contribution in [3.63, 3.8) is 0 Å². The van der Waals surface area contributed by atoms with E-state index in [9.17, 15) is 10.1 Å². The molecule has 0 aliphatic heterocycles. The van der Waals surface area contributed by atoms with E-state index in [0.717, 1.165) is 11.3 Å². The molecule has 2 aromatic rings. The minimum Gasteiger partial charge on any atom is -0.375 e. The summed E-state index contributed by atoms with van der Waals surface area (Å²) in [6, 6.07) is 1.57. The number of aromatic nitrogens is 2. The fourth-order valence-corrected chi connectivity index (χ4v) is 1.62. The summed E-state index contributed by atoms with van der Waals surface area (Å²) in [7, 11) is 0. The van der Waals surface area contributed by atoms with Gasteiger partial charge in [0, 0.05) is 18.3 Å². The van der Waals surface area contributed by atoms with Crippen molar-refractivity contribution < 1.29 is 9.45 Å². The van der Waals surface area contributed by atoms with Crippen molar-refractivity contribution in [2.45, 2.75) is 20.4 Å².